The van der Waals surface area contributed by atoms with Gasteiger partial charge in [-0.3, -0.25) is 4.79 Å². The van der Waals surface area contributed by atoms with Gasteiger partial charge < -0.3 is 15.2 Å². The number of carbonyl (C=O) groups excluding carboxylic acids is 1. The van der Waals surface area contributed by atoms with Crippen LogP contribution >= 0.6 is 0 Å². The lowest BCUT2D eigenvalue weighted by Gasteiger charge is -2.08. The van der Waals surface area contributed by atoms with Crippen LogP contribution in [0.5, 0.6) is 0 Å². The predicted octanol–water partition coefficient (Wildman–Crippen LogP) is 1.76. The Kier molecular flexibility index (Phi) is 4.62. The van der Waals surface area contributed by atoms with Crippen LogP contribution in [0.15, 0.2) is 41.4 Å². The fourth-order valence-electron chi connectivity index (χ4n) is 1.67. The Morgan fingerprint density at radius 2 is 2.25 bits per heavy atom. The van der Waals surface area contributed by atoms with Gasteiger partial charge in [-0.2, -0.15) is 4.98 Å². The van der Waals surface area contributed by atoms with E-state index in [-0.39, 0.29) is 12.5 Å². The fraction of sp³-hybridized carbons (Fsp3) is 0.214. The number of carbonyl (C=O) groups is 1. The normalized spacial score (nSPS) is 10.2. The summed E-state index contributed by atoms with van der Waals surface area (Å²) in [6.45, 7) is 6.11. The van der Waals surface area contributed by atoms with Crippen molar-refractivity contribution in [2.45, 2.75) is 6.92 Å². The Morgan fingerprint density at radius 1 is 1.45 bits per heavy atom. The van der Waals surface area contributed by atoms with E-state index >= 15 is 0 Å². The molecule has 20 heavy (non-hydrogen) atoms. The highest BCUT2D eigenvalue weighted by molar-refractivity contribution is 5.95. The molecule has 1 aromatic carbocycles. The van der Waals surface area contributed by atoms with Crippen molar-refractivity contribution < 1.29 is 9.32 Å². The number of hydrogen-bond donors (Lipinski definition) is 2. The Morgan fingerprint density at radius 3 is 2.95 bits per heavy atom. The van der Waals surface area contributed by atoms with Gasteiger partial charge in [0.2, 0.25) is 5.91 Å². The standard InChI is InChI=1S/C14H16N4O2/c1-3-8-15-9-13(19)17-12-7-5-4-6-11(12)14-16-10(2)18-20-14/h3-7,15H,1,8-9H2,2H3,(H,17,19). The Balaban J connectivity index is 2.12. The zero-order chi connectivity index (χ0) is 14.4. The van der Waals surface area contributed by atoms with Crippen molar-refractivity contribution in [3.05, 3.63) is 42.7 Å². The molecule has 0 spiro atoms. The largest absolute Gasteiger partial charge is 0.334 e. The molecular weight excluding hydrogens is 256 g/mol. The quantitative estimate of drug-likeness (QED) is 0.618. The lowest BCUT2D eigenvalue weighted by molar-refractivity contribution is -0.115. The van der Waals surface area contributed by atoms with Crippen molar-refractivity contribution in [1.29, 1.82) is 0 Å². The van der Waals surface area contributed by atoms with E-state index in [4.69, 9.17) is 4.52 Å². The van der Waals surface area contributed by atoms with Crippen LogP contribution in [0.4, 0.5) is 5.69 Å². The Hall–Kier alpha value is -2.47. The van der Waals surface area contributed by atoms with Gasteiger partial charge in [0.25, 0.3) is 5.89 Å². The average molecular weight is 272 g/mol. The minimum absolute atomic E-state index is 0.143. The molecule has 0 aliphatic heterocycles. The molecular formula is C14H16N4O2. The maximum absolute atomic E-state index is 11.8. The number of nitrogens with one attached hydrogen (secondary N) is 2. The molecule has 0 aliphatic carbocycles. The molecule has 0 atom stereocenters. The van der Waals surface area contributed by atoms with Crippen molar-refractivity contribution in [2.75, 3.05) is 18.4 Å². The monoisotopic (exact) mass is 272 g/mol. The number of aromatic nitrogens is 2. The Labute approximate surface area is 116 Å². The number of para-hydroxylation sites is 1. The van der Waals surface area contributed by atoms with Crippen LogP contribution < -0.4 is 10.6 Å². The second-order valence-electron chi connectivity index (χ2n) is 4.16. The van der Waals surface area contributed by atoms with E-state index in [1.807, 2.05) is 18.2 Å². The third kappa shape index (κ3) is 3.52. The van der Waals surface area contributed by atoms with Crippen molar-refractivity contribution in [1.82, 2.24) is 15.5 Å². The molecule has 0 aliphatic rings. The van der Waals surface area contributed by atoms with Crippen LogP contribution in [0.25, 0.3) is 11.5 Å². The summed E-state index contributed by atoms with van der Waals surface area (Å²) in [6.07, 6.45) is 1.70. The molecule has 2 N–H and O–H groups in total. The van der Waals surface area contributed by atoms with Crippen LogP contribution in [0, 0.1) is 6.92 Å². The number of rotatable bonds is 6. The van der Waals surface area contributed by atoms with E-state index in [9.17, 15) is 4.79 Å². The first-order valence-electron chi connectivity index (χ1n) is 6.22. The van der Waals surface area contributed by atoms with Gasteiger partial charge in [-0.05, 0) is 19.1 Å². The molecule has 2 aromatic rings. The van der Waals surface area contributed by atoms with Gasteiger partial charge in [-0.15, -0.1) is 6.58 Å². The second kappa shape index (κ2) is 6.63. The summed E-state index contributed by atoms with van der Waals surface area (Å²) in [4.78, 5) is 16.0. The molecule has 1 aromatic heterocycles. The summed E-state index contributed by atoms with van der Waals surface area (Å²) in [7, 11) is 0. The average Bonchev–Trinajstić information content (AvgIpc) is 2.86. The molecule has 0 saturated heterocycles. The summed E-state index contributed by atoms with van der Waals surface area (Å²) in [5.41, 5.74) is 1.34. The number of hydrogen-bond acceptors (Lipinski definition) is 5. The van der Waals surface area contributed by atoms with Gasteiger partial charge >= 0.3 is 0 Å². The first-order chi connectivity index (χ1) is 9.70. The van der Waals surface area contributed by atoms with Crippen molar-refractivity contribution in [3.8, 4) is 11.5 Å². The van der Waals surface area contributed by atoms with Gasteiger partial charge in [-0.25, -0.2) is 0 Å². The van der Waals surface area contributed by atoms with Crippen molar-refractivity contribution in [2.24, 2.45) is 0 Å². The first kappa shape index (κ1) is 14.0. The van der Waals surface area contributed by atoms with Gasteiger partial charge in [0, 0.05) is 6.54 Å². The molecule has 6 nitrogen and oxygen atoms in total. The fourth-order valence-corrected chi connectivity index (χ4v) is 1.67. The van der Waals surface area contributed by atoms with Crippen LogP contribution in [-0.2, 0) is 4.79 Å². The maximum Gasteiger partial charge on any atom is 0.260 e. The van der Waals surface area contributed by atoms with Gasteiger partial charge in [0.1, 0.15) is 0 Å². The summed E-state index contributed by atoms with van der Waals surface area (Å²) >= 11 is 0. The first-order valence-corrected chi connectivity index (χ1v) is 6.22. The summed E-state index contributed by atoms with van der Waals surface area (Å²) in [6, 6.07) is 7.29. The molecule has 2 rings (SSSR count). The van der Waals surface area contributed by atoms with E-state index in [1.54, 1.807) is 19.1 Å². The van der Waals surface area contributed by atoms with Crippen LogP contribution in [-0.4, -0.2) is 29.1 Å². The zero-order valence-electron chi connectivity index (χ0n) is 11.2. The van der Waals surface area contributed by atoms with Crippen LogP contribution in [0.3, 0.4) is 0 Å². The minimum atomic E-state index is -0.143. The summed E-state index contributed by atoms with van der Waals surface area (Å²) < 4.78 is 5.13. The highest BCUT2D eigenvalue weighted by Gasteiger charge is 2.12. The molecule has 1 amide bonds. The molecule has 1 heterocycles. The topological polar surface area (TPSA) is 80.0 Å². The number of amides is 1. The highest BCUT2D eigenvalue weighted by Crippen LogP contribution is 2.26. The number of anilines is 1. The highest BCUT2D eigenvalue weighted by atomic mass is 16.5. The van der Waals surface area contributed by atoms with E-state index in [2.05, 4.69) is 27.4 Å². The van der Waals surface area contributed by atoms with E-state index in [0.717, 1.165) is 0 Å². The molecule has 0 bridgehead atoms. The third-order valence-corrected chi connectivity index (χ3v) is 2.53. The minimum Gasteiger partial charge on any atom is -0.334 e. The molecule has 104 valence electrons. The van der Waals surface area contributed by atoms with Gasteiger partial charge in [-0.1, -0.05) is 23.4 Å². The summed E-state index contributed by atoms with van der Waals surface area (Å²) in [5, 5.41) is 9.50. The molecule has 0 radical (unpaired) electrons. The van der Waals surface area contributed by atoms with Gasteiger partial charge in [0.05, 0.1) is 17.8 Å². The van der Waals surface area contributed by atoms with Crippen molar-refractivity contribution in [3.63, 3.8) is 0 Å². The van der Waals surface area contributed by atoms with Gasteiger partial charge in [0.15, 0.2) is 5.82 Å². The predicted molar refractivity (Wildman–Crippen MR) is 76.2 cm³/mol. The van der Waals surface area contributed by atoms with Crippen molar-refractivity contribution >= 4 is 11.6 Å². The van der Waals surface area contributed by atoms with E-state index in [1.165, 1.54) is 0 Å². The zero-order valence-corrected chi connectivity index (χ0v) is 11.2. The van der Waals surface area contributed by atoms with E-state index in [0.29, 0.717) is 29.5 Å². The molecule has 0 saturated carbocycles. The number of benzene rings is 1. The maximum atomic E-state index is 11.8. The Bertz CT molecular complexity index is 607. The molecule has 0 fully saturated rings. The SMILES string of the molecule is C=CCNCC(=O)Nc1ccccc1-c1nc(C)no1. The van der Waals surface area contributed by atoms with E-state index < -0.39 is 0 Å². The lowest BCUT2D eigenvalue weighted by Crippen LogP contribution is -2.28. The number of aryl methyl sites for hydroxylation is 1. The van der Waals surface area contributed by atoms with Crippen LogP contribution in [0.2, 0.25) is 0 Å². The third-order valence-electron chi connectivity index (χ3n) is 2.53. The molecule has 0 unspecified atom stereocenters. The molecule has 6 heteroatoms. The second-order valence-corrected chi connectivity index (χ2v) is 4.16. The lowest BCUT2D eigenvalue weighted by atomic mass is 10.1. The number of nitrogens with zero attached hydrogens (tertiary/aromatic N) is 2. The summed E-state index contributed by atoms with van der Waals surface area (Å²) in [5.74, 6) is 0.793. The smallest absolute Gasteiger partial charge is 0.260 e. The van der Waals surface area contributed by atoms with Crippen LogP contribution in [0.1, 0.15) is 5.82 Å².